The van der Waals surface area contributed by atoms with Crippen molar-refractivity contribution < 1.29 is 31.9 Å². The van der Waals surface area contributed by atoms with E-state index in [1.165, 1.54) is 41.0 Å². The molecule has 0 atom stereocenters. The van der Waals surface area contributed by atoms with Gasteiger partial charge in [0.2, 0.25) is 0 Å². The Balaban J connectivity index is 2.04. The Kier molecular flexibility index (Phi) is 5.65. The Labute approximate surface area is 171 Å². The molecule has 0 bridgehead atoms. The van der Waals surface area contributed by atoms with E-state index in [4.69, 9.17) is 4.42 Å². The van der Waals surface area contributed by atoms with Crippen molar-refractivity contribution in [2.45, 2.75) is 18.4 Å². The molecule has 0 aliphatic carbocycles. The molecule has 10 nitrogen and oxygen atoms in total. The predicted molar refractivity (Wildman–Crippen MR) is 106 cm³/mol. The smallest absolute Gasteiger partial charge is 0.419 e. The number of methoxy groups -OCH3 is 2. The highest BCUT2D eigenvalue weighted by molar-refractivity contribution is 7.92. The first-order valence-corrected chi connectivity index (χ1v) is 10.2. The molecule has 2 aromatic carbocycles. The molecule has 11 heteroatoms. The number of hydrogen-bond donors (Lipinski definition) is 1. The van der Waals surface area contributed by atoms with Gasteiger partial charge in [0.1, 0.15) is 0 Å². The molecule has 3 rings (SSSR count). The minimum atomic E-state index is -4.14. The molecule has 1 heterocycles. The van der Waals surface area contributed by atoms with Crippen LogP contribution in [0.3, 0.4) is 0 Å². The summed E-state index contributed by atoms with van der Waals surface area (Å²) in [5.74, 6) is -2.11. The lowest BCUT2D eigenvalue weighted by Gasteiger charge is -2.11. The average Bonchev–Trinajstić information content (AvgIpc) is 3.05. The number of aryl methyl sites for hydroxylation is 1. The summed E-state index contributed by atoms with van der Waals surface area (Å²) in [7, 11) is -1.83. The number of fused-ring (bicyclic) bond motifs is 1. The molecule has 0 saturated heterocycles. The summed E-state index contributed by atoms with van der Waals surface area (Å²) in [5, 5.41) is 0. The fourth-order valence-corrected chi connectivity index (χ4v) is 3.94. The Bertz CT molecular complexity index is 1270. The number of carbonyl (C=O) groups is 2. The zero-order valence-electron chi connectivity index (χ0n) is 16.3. The van der Waals surface area contributed by atoms with Gasteiger partial charge in [0.15, 0.2) is 5.58 Å². The summed E-state index contributed by atoms with van der Waals surface area (Å²) >= 11 is 0. The number of anilines is 1. The molecule has 0 unspecified atom stereocenters. The molecule has 0 amide bonds. The van der Waals surface area contributed by atoms with E-state index in [1.54, 1.807) is 6.92 Å². The average molecular weight is 434 g/mol. The summed E-state index contributed by atoms with van der Waals surface area (Å²) in [6, 6.07) is 7.67. The van der Waals surface area contributed by atoms with Crippen molar-refractivity contribution in [1.82, 2.24) is 4.57 Å². The van der Waals surface area contributed by atoms with Crippen LogP contribution in [0.5, 0.6) is 0 Å². The number of rotatable bonds is 6. The lowest BCUT2D eigenvalue weighted by atomic mass is 10.1. The molecule has 0 spiro atoms. The van der Waals surface area contributed by atoms with Crippen LogP contribution in [0, 0.1) is 0 Å². The van der Waals surface area contributed by atoms with E-state index in [1.807, 2.05) is 0 Å². The third-order valence-electron chi connectivity index (χ3n) is 4.29. The Morgan fingerprint density at radius 1 is 1.03 bits per heavy atom. The van der Waals surface area contributed by atoms with Gasteiger partial charge in [-0.2, -0.15) is 0 Å². The first kappa shape index (κ1) is 21.1. The van der Waals surface area contributed by atoms with E-state index in [2.05, 4.69) is 14.2 Å². The van der Waals surface area contributed by atoms with Crippen LogP contribution < -0.4 is 10.5 Å². The Hall–Kier alpha value is -3.60. The van der Waals surface area contributed by atoms with Crippen LogP contribution in [0.15, 0.2) is 50.5 Å². The molecular formula is C19H18N2O8S. The van der Waals surface area contributed by atoms with Gasteiger partial charge in [-0.3, -0.25) is 9.29 Å². The standard InChI is InChI=1S/C19H18N2O8S/c1-4-21-15-6-5-14(10-16(15)29-19(21)24)30(25,26)20-13-8-11(17(22)27-2)7-12(9-13)18(23)28-3/h5-10,20H,4H2,1-3H3. The van der Waals surface area contributed by atoms with Crippen LogP contribution in [-0.4, -0.2) is 39.1 Å². The quantitative estimate of drug-likeness (QED) is 0.582. The Morgan fingerprint density at radius 2 is 1.63 bits per heavy atom. The molecule has 30 heavy (non-hydrogen) atoms. The van der Waals surface area contributed by atoms with Crippen LogP contribution in [0.25, 0.3) is 11.1 Å². The molecule has 0 fully saturated rings. The van der Waals surface area contributed by atoms with Crippen LogP contribution in [-0.2, 0) is 26.0 Å². The lowest BCUT2D eigenvalue weighted by molar-refractivity contribution is 0.0599. The van der Waals surface area contributed by atoms with Gasteiger partial charge < -0.3 is 13.9 Å². The third kappa shape index (κ3) is 3.92. The maximum atomic E-state index is 12.8. The molecule has 158 valence electrons. The number of hydrogen-bond acceptors (Lipinski definition) is 8. The van der Waals surface area contributed by atoms with Gasteiger partial charge in [0.25, 0.3) is 10.0 Å². The van der Waals surface area contributed by atoms with Crippen molar-refractivity contribution >= 4 is 38.7 Å². The molecule has 0 aliphatic rings. The van der Waals surface area contributed by atoms with E-state index in [0.717, 1.165) is 14.2 Å². The fourth-order valence-electron chi connectivity index (χ4n) is 2.89. The van der Waals surface area contributed by atoms with E-state index in [0.29, 0.717) is 12.1 Å². The number of benzene rings is 2. The summed E-state index contributed by atoms with van der Waals surface area (Å²) in [6.07, 6.45) is 0. The van der Waals surface area contributed by atoms with E-state index in [-0.39, 0.29) is 27.3 Å². The predicted octanol–water partition coefficient (Wildman–Crippen LogP) is 1.99. The molecule has 0 aliphatic heterocycles. The van der Waals surface area contributed by atoms with Crippen molar-refractivity contribution in [2.75, 3.05) is 18.9 Å². The van der Waals surface area contributed by atoms with Gasteiger partial charge in [-0.25, -0.2) is 22.8 Å². The first-order chi connectivity index (χ1) is 14.2. The van der Waals surface area contributed by atoms with Crippen molar-refractivity contribution in [3.8, 4) is 0 Å². The number of nitrogens with one attached hydrogen (secondary N) is 1. The van der Waals surface area contributed by atoms with Gasteiger partial charge >= 0.3 is 17.7 Å². The zero-order valence-corrected chi connectivity index (χ0v) is 17.1. The Morgan fingerprint density at radius 3 is 2.17 bits per heavy atom. The first-order valence-electron chi connectivity index (χ1n) is 8.68. The van der Waals surface area contributed by atoms with Crippen LogP contribution in [0.1, 0.15) is 27.6 Å². The number of sulfonamides is 1. The topological polar surface area (TPSA) is 134 Å². The second-order valence-corrected chi connectivity index (χ2v) is 7.81. The number of aromatic nitrogens is 1. The van der Waals surface area contributed by atoms with Gasteiger partial charge in [-0.1, -0.05) is 0 Å². The number of esters is 2. The normalized spacial score (nSPS) is 11.3. The molecular weight excluding hydrogens is 416 g/mol. The number of oxazole rings is 1. The zero-order chi connectivity index (χ0) is 22.1. The van der Waals surface area contributed by atoms with Gasteiger partial charge in [-0.05, 0) is 37.3 Å². The highest BCUT2D eigenvalue weighted by Gasteiger charge is 2.20. The second-order valence-electron chi connectivity index (χ2n) is 6.13. The molecule has 0 radical (unpaired) electrons. The summed E-state index contributed by atoms with van der Waals surface area (Å²) in [4.78, 5) is 35.4. The minimum absolute atomic E-state index is 0.0421. The van der Waals surface area contributed by atoms with Crippen LogP contribution in [0.4, 0.5) is 5.69 Å². The van der Waals surface area contributed by atoms with Crippen molar-refractivity contribution in [1.29, 1.82) is 0 Å². The van der Waals surface area contributed by atoms with E-state index < -0.39 is 27.7 Å². The molecule has 3 aromatic rings. The number of nitrogens with zero attached hydrogens (tertiary/aromatic N) is 1. The SMILES string of the molecule is CCn1c(=O)oc2cc(S(=O)(=O)Nc3cc(C(=O)OC)cc(C(=O)OC)c3)ccc21. The highest BCUT2D eigenvalue weighted by atomic mass is 32.2. The molecule has 1 N–H and O–H groups in total. The molecule has 1 aromatic heterocycles. The third-order valence-corrected chi connectivity index (χ3v) is 5.67. The summed E-state index contributed by atoms with van der Waals surface area (Å²) in [6.45, 7) is 2.13. The van der Waals surface area contributed by atoms with Crippen molar-refractivity contribution in [3.63, 3.8) is 0 Å². The minimum Gasteiger partial charge on any atom is -0.465 e. The maximum Gasteiger partial charge on any atom is 0.419 e. The molecule has 0 saturated carbocycles. The summed E-state index contributed by atoms with van der Waals surface area (Å²) < 4.78 is 43.7. The van der Waals surface area contributed by atoms with E-state index in [9.17, 15) is 22.8 Å². The second kappa shape index (κ2) is 8.03. The lowest BCUT2D eigenvalue weighted by Crippen LogP contribution is -2.15. The van der Waals surface area contributed by atoms with Crippen molar-refractivity contribution in [3.05, 3.63) is 58.1 Å². The van der Waals surface area contributed by atoms with Crippen molar-refractivity contribution in [2.24, 2.45) is 0 Å². The summed E-state index contributed by atoms with van der Waals surface area (Å²) in [5.41, 5.74) is 0.440. The number of carbonyl (C=O) groups excluding carboxylic acids is 2. The highest BCUT2D eigenvalue weighted by Crippen LogP contribution is 2.23. The largest absolute Gasteiger partial charge is 0.465 e. The van der Waals surface area contributed by atoms with Gasteiger partial charge in [0, 0.05) is 12.6 Å². The van der Waals surface area contributed by atoms with Gasteiger partial charge in [-0.15, -0.1) is 0 Å². The van der Waals surface area contributed by atoms with Crippen LogP contribution in [0.2, 0.25) is 0 Å². The number of ether oxygens (including phenoxy) is 2. The van der Waals surface area contributed by atoms with E-state index >= 15 is 0 Å². The van der Waals surface area contributed by atoms with Gasteiger partial charge in [0.05, 0.1) is 41.4 Å². The van der Waals surface area contributed by atoms with Crippen LogP contribution >= 0.6 is 0 Å². The monoisotopic (exact) mass is 434 g/mol. The fraction of sp³-hybridized carbons (Fsp3) is 0.211. The maximum absolute atomic E-state index is 12.8.